The van der Waals surface area contributed by atoms with Crippen LogP contribution in [0, 0.1) is 5.92 Å². The van der Waals surface area contributed by atoms with Crippen molar-refractivity contribution < 1.29 is 14.3 Å². The first-order valence-corrected chi connectivity index (χ1v) is 11.6. The SMILES string of the molecule is CCCCN1C(=O)CCC(C(=O)NCCc2nnc3ccccn23)C1c1ccccc1OC. The van der Waals surface area contributed by atoms with E-state index in [1.165, 1.54) is 0 Å². The van der Waals surface area contributed by atoms with E-state index in [-0.39, 0.29) is 23.8 Å². The summed E-state index contributed by atoms with van der Waals surface area (Å²) in [5, 5.41) is 11.5. The lowest BCUT2D eigenvalue weighted by atomic mass is 9.83. The minimum absolute atomic E-state index is 0.0475. The van der Waals surface area contributed by atoms with Crippen molar-refractivity contribution in [1.29, 1.82) is 0 Å². The Morgan fingerprint density at radius 3 is 2.82 bits per heavy atom. The van der Waals surface area contributed by atoms with E-state index in [0.29, 0.717) is 38.1 Å². The van der Waals surface area contributed by atoms with Crippen molar-refractivity contribution in [2.75, 3.05) is 20.2 Å². The molecule has 3 heterocycles. The van der Waals surface area contributed by atoms with E-state index in [9.17, 15) is 9.59 Å². The summed E-state index contributed by atoms with van der Waals surface area (Å²) in [5.41, 5.74) is 1.67. The summed E-state index contributed by atoms with van der Waals surface area (Å²) in [7, 11) is 1.62. The topological polar surface area (TPSA) is 88.8 Å². The van der Waals surface area contributed by atoms with Gasteiger partial charge in [-0.15, -0.1) is 10.2 Å². The number of fused-ring (bicyclic) bond motifs is 1. The predicted molar refractivity (Wildman–Crippen MR) is 125 cm³/mol. The number of benzene rings is 1. The van der Waals surface area contributed by atoms with Gasteiger partial charge in [-0.1, -0.05) is 37.6 Å². The van der Waals surface area contributed by atoms with Crippen molar-refractivity contribution >= 4 is 17.5 Å². The number of pyridine rings is 1. The maximum atomic E-state index is 13.4. The number of piperidine rings is 1. The first-order chi connectivity index (χ1) is 16.1. The second-order valence-corrected chi connectivity index (χ2v) is 8.36. The van der Waals surface area contributed by atoms with Gasteiger partial charge in [-0.25, -0.2) is 0 Å². The standard InChI is InChI=1S/C25H31N5O3/c1-3-4-16-30-23(31)13-12-19(24(30)18-9-5-6-10-20(18)33-2)25(32)26-15-14-22-28-27-21-11-7-8-17-29(21)22/h5-11,17,19,24H,3-4,12-16H2,1-2H3,(H,26,32). The number of ether oxygens (including phenoxy) is 1. The number of unbranched alkanes of at least 4 members (excludes halogenated alkanes) is 1. The molecular formula is C25H31N5O3. The highest BCUT2D eigenvalue weighted by atomic mass is 16.5. The molecule has 2 unspecified atom stereocenters. The van der Waals surface area contributed by atoms with E-state index < -0.39 is 0 Å². The Hall–Kier alpha value is -3.42. The number of amides is 2. The summed E-state index contributed by atoms with van der Waals surface area (Å²) in [5.74, 6) is 1.21. The Morgan fingerprint density at radius 2 is 2.00 bits per heavy atom. The molecular weight excluding hydrogens is 418 g/mol. The number of likely N-dealkylation sites (tertiary alicyclic amines) is 1. The Morgan fingerprint density at radius 1 is 1.18 bits per heavy atom. The van der Waals surface area contributed by atoms with Crippen LogP contribution >= 0.6 is 0 Å². The third-order valence-corrected chi connectivity index (χ3v) is 6.29. The van der Waals surface area contributed by atoms with Gasteiger partial charge in [-0.3, -0.25) is 14.0 Å². The quantitative estimate of drug-likeness (QED) is 0.542. The van der Waals surface area contributed by atoms with Crippen molar-refractivity contribution in [3.8, 4) is 5.75 Å². The van der Waals surface area contributed by atoms with Crippen molar-refractivity contribution in [3.05, 3.63) is 60.0 Å². The molecule has 1 saturated heterocycles. The second kappa shape index (κ2) is 10.5. The Balaban J connectivity index is 1.52. The highest BCUT2D eigenvalue weighted by molar-refractivity contribution is 5.85. The molecule has 1 aromatic carbocycles. The molecule has 2 amide bonds. The van der Waals surface area contributed by atoms with Gasteiger partial charge in [0.15, 0.2) is 5.65 Å². The fraction of sp³-hybridized carbons (Fsp3) is 0.440. The van der Waals surface area contributed by atoms with Gasteiger partial charge in [-0.2, -0.15) is 0 Å². The number of hydrogen-bond donors (Lipinski definition) is 1. The number of para-hydroxylation sites is 1. The van der Waals surface area contributed by atoms with Gasteiger partial charge in [0, 0.05) is 37.7 Å². The average Bonchev–Trinajstić information content (AvgIpc) is 3.26. The van der Waals surface area contributed by atoms with Gasteiger partial charge in [0.1, 0.15) is 11.6 Å². The summed E-state index contributed by atoms with van der Waals surface area (Å²) in [6, 6.07) is 13.1. The number of carbonyl (C=O) groups excluding carboxylic acids is 2. The van der Waals surface area contributed by atoms with Crippen LogP contribution in [0.3, 0.4) is 0 Å². The lowest BCUT2D eigenvalue weighted by Gasteiger charge is -2.41. The Bertz CT molecular complexity index is 1110. The zero-order valence-electron chi connectivity index (χ0n) is 19.2. The van der Waals surface area contributed by atoms with E-state index in [4.69, 9.17) is 4.74 Å². The van der Waals surface area contributed by atoms with E-state index in [2.05, 4.69) is 22.4 Å². The molecule has 8 nitrogen and oxygen atoms in total. The van der Waals surface area contributed by atoms with E-state index in [1.54, 1.807) is 7.11 Å². The van der Waals surface area contributed by atoms with Gasteiger partial charge >= 0.3 is 0 Å². The minimum Gasteiger partial charge on any atom is -0.496 e. The molecule has 2 atom stereocenters. The van der Waals surface area contributed by atoms with Crippen LogP contribution in [0.25, 0.3) is 5.65 Å². The van der Waals surface area contributed by atoms with Crippen LogP contribution in [0.2, 0.25) is 0 Å². The van der Waals surface area contributed by atoms with Crippen LogP contribution in [0.15, 0.2) is 48.7 Å². The van der Waals surface area contributed by atoms with Crippen molar-refractivity contribution in [3.63, 3.8) is 0 Å². The normalized spacial score (nSPS) is 18.5. The number of rotatable bonds is 9. The number of aromatic nitrogens is 3. The zero-order chi connectivity index (χ0) is 23.2. The van der Waals surface area contributed by atoms with Crippen LogP contribution in [0.5, 0.6) is 5.75 Å². The molecule has 174 valence electrons. The summed E-state index contributed by atoms with van der Waals surface area (Å²) < 4.78 is 7.52. The molecule has 0 aliphatic carbocycles. The second-order valence-electron chi connectivity index (χ2n) is 8.36. The lowest BCUT2D eigenvalue weighted by Crippen LogP contribution is -2.48. The Kier molecular flexibility index (Phi) is 7.22. The molecule has 0 bridgehead atoms. The molecule has 8 heteroatoms. The monoisotopic (exact) mass is 449 g/mol. The molecule has 1 aliphatic rings. The third-order valence-electron chi connectivity index (χ3n) is 6.29. The summed E-state index contributed by atoms with van der Waals surface area (Å²) in [6.07, 6.45) is 5.26. The summed E-state index contributed by atoms with van der Waals surface area (Å²) >= 11 is 0. The van der Waals surface area contributed by atoms with Gasteiger partial charge in [0.2, 0.25) is 11.8 Å². The van der Waals surface area contributed by atoms with Crippen LogP contribution in [-0.2, 0) is 16.0 Å². The molecule has 4 rings (SSSR count). The van der Waals surface area contributed by atoms with Crippen LogP contribution < -0.4 is 10.1 Å². The maximum absolute atomic E-state index is 13.4. The van der Waals surface area contributed by atoms with Gasteiger partial charge in [0.25, 0.3) is 0 Å². The first-order valence-electron chi connectivity index (χ1n) is 11.6. The smallest absolute Gasteiger partial charge is 0.225 e. The van der Waals surface area contributed by atoms with E-state index >= 15 is 0 Å². The van der Waals surface area contributed by atoms with Crippen LogP contribution in [0.1, 0.15) is 50.0 Å². The highest BCUT2D eigenvalue weighted by Gasteiger charge is 2.41. The lowest BCUT2D eigenvalue weighted by molar-refractivity contribution is -0.143. The minimum atomic E-state index is -0.345. The number of nitrogens with zero attached hydrogens (tertiary/aromatic N) is 4. The molecule has 33 heavy (non-hydrogen) atoms. The maximum Gasteiger partial charge on any atom is 0.225 e. The zero-order valence-corrected chi connectivity index (χ0v) is 19.2. The fourth-order valence-corrected chi connectivity index (χ4v) is 4.60. The molecule has 0 spiro atoms. The molecule has 2 aromatic heterocycles. The Labute approximate surface area is 193 Å². The van der Waals surface area contributed by atoms with E-state index in [1.807, 2.05) is 58.0 Å². The number of carbonyl (C=O) groups is 2. The average molecular weight is 450 g/mol. The van der Waals surface area contributed by atoms with Crippen molar-refractivity contribution in [2.45, 2.75) is 45.1 Å². The fourth-order valence-electron chi connectivity index (χ4n) is 4.60. The first kappa shape index (κ1) is 22.8. The molecule has 1 aliphatic heterocycles. The molecule has 1 fully saturated rings. The van der Waals surface area contributed by atoms with Gasteiger partial charge in [0.05, 0.1) is 19.1 Å². The van der Waals surface area contributed by atoms with Crippen LogP contribution in [0.4, 0.5) is 0 Å². The van der Waals surface area contributed by atoms with Crippen molar-refractivity contribution in [2.24, 2.45) is 5.92 Å². The van der Waals surface area contributed by atoms with Crippen LogP contribution in [-0.4, -0.2) is 51.5 Å². The summed E-state index contributed by atoms with van der Waals surface area (Å²) in [6.45, 7) is 3.19. The van der Waals surface area contributed by atoms with E-state index in [0.717, 1.165) is 29.9 Å². The molecule has 3 aromatic rings. The molecule has 1 N–H and O–H groups in total. The van der Waals surface area contributed by atoms with Gasteiger partial charge in [-0.05, 0) is 31.0 Å². The van der Waals surface area contributed by atoms with Gasteiger partial charge < -0.3 is 15.0 Å². The van der Waals surface area contributed by atoms with Crippen molar-refractivity contribution in [1.82, 2.24) is 24.8 Å². The molecule has 0 radical (unpaired) electrons. The predicted octanol–water partition coefficient (Wildman–Crippen LogP) is 3.18. The number of nitrogens with one attached hydrogen (secondary N) is 1. The largest absolute Gasteiger partial charge is 0.496 e. The molecule has 0 saturated carbocycles. The number of methoxy groups -OCH3 is 1. The highest BCUT2D eigenvalue weighted by Crippen LogP contribution is 2.40. The third kappa shape index (κ3) is 4.84. The number of hydrogen-bond acceptors (Lipinski definition) is 5. The summed E-state index contributed by atoms with van der Waals surface area (Å²) in [4.78, 5) is 28.1.